The number of aliphatic hydroxyl groups is 1. The first kappa shape index (κ1) is 10.7. The summed E-state index contributed by atoms with van der Waals surface area (Å²) in [4.78, 5) is 4.46. The maximum atomic E-state index is 9.05. The standard InChI is InChI=1S/C12H15N3O/c1-2-7-13-12-14-10-5-3-4-6-11(10)15(12)8-9-16/h2-6,16H,1,7-9H2,(H,13,14). The maximum Gasteiger partial charge on any atom is 0.204 e. The summed E-state index contributed by atoms with van der Waals surface area (Å²) in [6.07, 6.45) is 1.78. The molecule has 0 bridgehead atoms. The number of para-hydroxylation sites is 2. The van der Waals surface area contributed by atoms with Crippen molar-refractivity contribution in [3.63, 3.8) is 0 Å². The summed E-state index contributed by atoms with van der Waals surface area (Å²) in [5.41, 5.74) is 1.96. The number of hydrogen-bond donors (Lipinski definition) is 2. The highest BCUT2D eigenvalue weighted by atomic mass is 16.3. The number of fused-ring (bicyclic) bond motifs is 1. The first-order valence-electron chi connectivity index (χ1n) is 5.27. The van der Waals surface area contributed by atoms with Gasteiger partial charge in [-0.25, -0.2) is 4.98 Å². The molecule has 0 fully saturated rings. The molecule has 2 aromatic rings. The van der Waals surface area contributed by atoms with E-state index in [1.165, 1.54) is 0 Å². The van der Waals surface area contributed by atoms with E-state index in [0.29, 0.717) is 13.1 Å². The van der Waals surface area contributed by atoms with Gasteiger partial charge in [0.25, 0.3) is 0 Å². The quantitative estimate of drug-likeness (QED) is 0.748. The van der Waals surface area contributed by atoms with Crippen LogP contribution in [0.3, 0.4) is 0 Å². The lowest BCUT2D eigenvalue weighted by Gasteiger charge is -2.07. The van der Waals surface area contributed by atoms with Gasteiger partial charge in [0, 0.05) is 13.1 Å². The molecule has 0 unspecified atom stereocenters. The molecule has 2 rings (SSSR count). The smallest absolute Gasteiger partial charge is 0.204 e. The van der Waals surface area contributed by atoms with Gasteiger partial charge in [-0.2, -0.15) is 0 Å². The van der Waals surface area contributed by atoms with Crippen LogP contribution >= 0.6 is 0 Å². The van der Waals surface area contributed by atoms with Crippen LogP contribution in [0.1, 0.15) is 0 Å². The molecule has 16 heavy (non-hydrogen) atoms. The molecule has 0 saturated carbocycles. The van der Waals surface area contributed by atoms with Crippen molar-refractivity contribution in [3.8, 4) is 0 Å². The molecule has 0 aliphatic rings. The van der Waals surface area contributed by atoms with Crippen LogP contribution in [0.2, 0.25) is 0 Å². The van der Waals surface area contributed by atoms with Gasteiger partial charge in [-0.1, -0.05) is 18.2 Å². The molecule has 1 heterocycles. The molecule has 1 aromatic carbocycles. The van der Waals surface area contributed by atoms with Gasteiger partial charge in [-0.3, -0.25) is 0 Å². The van der Waals surface area contributed by atoms with Crippen LogP contribution in [0.4, 0.5) is 5.95 Å². The van der Waals surface area contributed by atoms with Crippen LogP contribution in [-0.4, -0.2) is 27.8 Å². The molecule has 0 spiro atoms. The average Bonchev–Trinajstić information content (AvgIpc) is 2.66. The van der Waals surface area contributed by atoms with Crippen molar-refractivity contribution in [1.82, 2.24) is 9.55 Å². The molecule has 0 aliphatic carbocycles. The molecule has 84 valence electrons. The maximum absolute atomic E-state index is 9.05. The summed E-state index contributed by atoms with van der Waals surface area (Å²) in [6.45, 7) is 4.96. The SMILES string of the molecule is C=CCNc1nc2ccccc2n1CCO. The number of aromatic nitrogens is 2. The normalized spacial score (nSPS) is 10.6. The molecule has 0 atom stereocenters. The van der Waals surface area contributed by atoms with E-state index in [4.69, 9.17) is 5.11 Å². The largest absolute Gasteiger partial charge is 0.395 e. The van der Waals surface area contributed by atoms with E-state index in [-0.39, 0.29) is 6.61 Å². The van der Waals surface area contributed by atoms with E-state index < -0.39 is 0 Å². The molecule has 0 aliphatic heterocycles. The number of nitrogens with zero attached hydrogens (tertiary/aromatic N) is 2. The zero-order chi connectivity index (χ0) is 11.4. The number of nitrogens with one attached hydrogen (secondary N) is 1. The minimum absolute atomic E-state index is 0.100. The first-order chi connectivity index (χ1) is 7.86. The minimum atomic E-state index is 0.100. The molecule has 0 amide bonds. The fourth-order valence-corrected chi connectivity index (χ4v) is 1.70. The van der Waals surface area contributed by atoms with Crippen molar-refractivity contribution in [2.75, 3.05) is 18.5 Å². The number of benzene rings is 1. The van der Waals surface area contributed by atoms with Crippen LogP contribution < -0.4 is 5.32 Å². The number of rotatable bonds is 5. The van der Waals surface area contributed by atoms with E-state index in [1.54, 1.807) is 6.08 Å². The van der Waals surface area contributed by atoms with E-state index >= 15 is 0 Å². The van der Waals surface area contributed by atoms with Gasteiger partial charge in [0.15, 0.2) is 0 Å². The second kappa shape index (κ2) is 4.81. The van der Waals surface area contributed by atoms with Crippen molar-refractivity contribution in [2.24, 2.45) is 0 Å². The van der Waals surface area contributed by atoms with Crippen LogP contribution in [0.5, 0.6) is 0 Å². The Morgan fingerprint density at radius 2 is 2.25 bits per heavy atom. The van der Waals surface area contributed by atoms with E-state index in [2.05, 4.69) is 16.9 Å². The highest BCUT2D eigenvalue weighted by Crippen LogP contribution is 2.18. The summed E-state index contributed by atoms with van der Waals surface area (Å²) in [5, 5.41) is 12.2. The van der Waals surface area contributed by atoms with Crippen molar-refractivity contribution < 1.29 is 5.11 Å². The summed E-state index contributed by atoms with van der Waals surface area (Å²) >= 11 is 0. The molecular formula is C12H15N3O. The summed E-state index contributed by atoms with van der Waals surface area (Å²) in [5.74, 6) is 0.773. The molecule has 1 aromatic heterocycles. The zero-order valence-electron chi connectivity index (χ0n) is 9.06. The Kier molecular flexibility index (Phi) is 3.22. The Balaban J connectivity index is 2.45. The molecule has 4 nitrogen and oxygen atoms in total. The van der Waals surface area contributed by atoms with E-state index in [9.17, 15) is 0 Å². The van der Waals surface area contributed by atoms with Gasteiger partial charge < -0.3 is 15.0 Å². The Hall–Kier alpha value is -1.81. The first-order valence-corrected chi connectivity index (χ1v) is 5.27. The second-order valence-electron chi connectivity index (χ2n) is 3.47. The van der Waals surface area contributed by atoms with Crippen molar-refractivity contribution >= 4 is 17.0 Å². The Morgan fingerprint density at radius 1 is 1.44 bits per heavy atom. The van der Waals surface area contributed by atoms with Crippen molar-refractivity contribution in [2.45, 2.75) is 6.54 Å². The van der Waals surface area contributed by atoms with E-state index in [1.807, 2.05) is 28.8 Å². The van der Waals surface area contributed by atoms with Crippen LogP contribution in [0, 0.1) is 0 Å². The number of aliphatic hydroxyl groups excluding tert-OH is 1. The summed E-state index contributed by atoms with van der Waals surface area (Å²) in [7, 11) is 0. The highest BCUT2D eigenvalue weighted by molar-refractivity contribution is 5.78. The lowest BCUT2D eigenvalue weighted by atomic mass is 10.3. The number of imidazole rings is 1. The topological polar surface area (TPSA) is 50.1 Å². The Bertz CT molecular complexity index is 490. The molecule has 0 radical (unpaired) electrons. The molecular weight excluding hydrogens is 202 g/mol. The summed E-state index contributed by atoms with van der Waals surface area (Å²) in [6, 6.07) is 7.88. The molecule has 0 saturated heterocycles. The number of hydrogen-bond acceptors (Lipinski definition) is 3. The Morgan fingerprint density at radius 3 is 3.00 bits per heavy atom. The second-order valence-corrected chi connectivity index (χ2v) is 3.47. The third-order valence-corrected chi connectivity index (χ3v) is 2.38. The molecule has 2 N–H and O–H groups in total. The van der Waals surface area contributed by atoms with Gasteiger partial charge in [0.05, 0.1) is 17.6 Å². The third-order valence-electron chi connectivity index (χ3n) is 2.38. The molecule has 4 heteroatoms. The zero-order valence-corrected chi connectivity index (χ0v) is 9.06. The lowest BCUT2D eigenvalue weighted by molar-refractivity contribution is 0.278. The van der Waals surface area contributed by atoms with Crippen LogP contribution in [0.25, 0.3) is 11.0 Å². The number of anilines is 1. The predicted octanol–water partition coefficient (Wildman–Crippen LogP) is 1.63. The van der Waals surface area contributed by atoms with Crippen LogP contribution in [0.15, 0.2) is 36.9 Å². The highest BCUT2D eigenvalue weighted by Gasteiger charge is 2.08. The average molecular weight is 217 g/mol. The van der Waals surface area contributed by atoms with Gasteiger partial charge in [0.1, 0.15) is 0 Å². The van der Waals surface area contributed by atoms with Gasteiger partial charge in [-0.05, 0) is 12.1 Å². The predicted molar refractivity (Wildman–Crippen MR) is 65.5 cm³/mol. The van der Waals surface area contributed by atoms with Gasteiger partial charge in [0.2, 0.25) is 5.95 Å². The van der Waals surface area contributed by atoms with Crippen molar-refractivity contribution in [3.05, 3.63) is 36.9 Å². The Labute approximate surface area is 94.2 Å². The van der Waals surface area contributed by atoms with Crippen LogP contribution in [-0.2, 0) is 6.54 Å². The fraction of sp³-hybridized carbons (Fsp3) is 0.250. The monoisotopic (exact) mass is 217 g/mol. The minimum Gasteiger partial charge on any atom is -0.395 e. The van der Waals surface area contributed by atoms with Crippen molar-refractivity contribution in [1.29, 1.82) is 0 Å². The van der Waals surface area contributed by atoms with Gasteiger partial charge >= 0.3 is 0 Å². The fourth-order valence-electron chi connectivity index (χ4n) is 1.70. The van der Waals surface area contributed by atoms with E-state index in [0.717, 1.165) is 17.0 Å². The lowest BCUT2D eigenvalue weighted by Crippen LogP contribution is -2.09. The third kappa shape index (κ3) is 1.92. The van der Waals surface area contributed by atoms with Gasteiger partial charge in [-0.15, -0.1) is 6.58 Å². The summed E-state index contributed by atoms with van der Waals surface area (Å²) < 4.78 is 1.97.